The first-order valence-electron chi connectivity index (χ1n) is 13.6. The fraction of sp³-hybridized carbons (Fsp3) is 0.667. The lowest BCUT2D eigenvalue weighted by Gasteiger charge is -2.63. The van der Waals surface area contributed by atoms with Gasteiger partial charge in [-0.3, -0.25) is 0 Å². The number of rotatable bonds is 6. The van der Waals surface area contributed by atoms with Gasteiger partial charge in [0.05, 0.1) is 31.0 Å². The number of hydrogen-bond donors (Lipinski definition) is 1. The molecule has 0 radical (unpaired) electrons. The van der Waals surface area contributed by atoms with E-state index in [9.17, 15) is 15.2 Å². The monoisotopic (exact) mass is 493 g/mol. The van der Waals surface area contributed by atoms with Gasteiger partial charge in [0.1, 0.15) is 11.3 Å². The van der Waals surface area contributed by atoms with Crippen molar-refractivity contribution in [2.75, 3.05) is 13.2 Å². The SMILES string of the molecule is C=C1CCC2[C@]3(C)CO[C@@H](C4CCCC4)O[C@@H]3CC[C@@]2(C)[C@@H]1CCOc1cc(C#N)ccc1C(=O)O. The Morgan fingerprint density at radius 1 is 1.22 bits per heavy atom. The fourth-order valence-corrected chi connectivity index (χ4v) is 8.04. The molecule has 6 atom stereocenters. The first-order chi connectivity index (χ1) is 17.3. The maximum absolute atomic E-state index is 11.7. The molecule has 0 bridgehead atoms. The smallest absolute Gasteiger partial charge is 0.339 e. The Morgan fingerprint density at radius 3 is 2.72 bits per heavy atom. The average Bonchev–Trinajstić information content (AvgIpc) is 3.40. The molecule has 1 unspecified atom stereocenters. The minimum atomic E-state index is -1.05. The van der Waals surface area contributed by atoms with E-state index in [1.54, 1.807) is 0 Å². The number of nitrogens with zero attached hydrogens (tertiary/aromatic N) is 1. The molecule has 36 heavy (non-hydrogen) atoms. The van der Waals surface area contributed by atoms with E-state index in [1.807, 2.05) is 0 Å². The molecule has 4 fully saturated rings. The normalized spacial score (nSPS) is 36.5. The number of allylic oxidation sites excluding steroid dienone is 1. The number of carboxylic acids is 1. The first kappa shape index (κ1) is 25.3. The molecule has 1 aromatic carbocycles. The van der Waals surface area contributed by atoms with Gasteiger partial charge >= 0.3 is 5.97 Å². The van der Waals surface area contributed by atoms with E-state index < -0.39 is 5.97 Å². The summed E-state index contributed by atoms with van der Waals surface area (Å²) in [6, 6.07) is 6.54. The van der Waals surface area contributed by atoms with E-state index in [1.165, 1.54) is 49.5 Å². The number of carboxylic acid groups (broad SMARTS) is 1. The van der Waals surface area contributed by atoms with Crippen molar-refractivity contribution < 1.29 is 24.1 Å². The minimum Gasteiger partial charge on any atom is -0.493 e. The van der Waals surface area contributed by atoms with Crippen LogP contribution in [0.4, 0.5) is 0 Å². The van der Waals surface area contributed by atoms with E-state index in [-0.39, 0.29) is 40.5 Å². The lowest BCUT2D eigenvalue weighted by atomic mass is 9.46. The molecule has 194 valence electrons. The van der Waals surface area contributed by atoms with Gasteiger partial charge in [-0.1, -0.05) is 38.8 Å². The van der Waals surface area contributed by atoms with Crippen molar-refractivity contribution in [3.8, 4) is 11.8 Å². The van der Waals surface area contributed by atoms with E-state index in [0.717, 1.165) is 38.7 Å². The summed E-state index contributed by atoms with van der Waals surface area (Å²) >= 11 is 0. The van der Waals surface area contributed by atoms with Crippen molar-refractivity contribution in [1.29, 1.82) is 5.26 Å². The first-order valence-corrected chi connectivity index (χ1v) is 13.6. The summed E-state index contributed by atoms with van der Waals surface area (Å²) in [6.07, 6.45) is 10.2. The zero-order chi connectivity index (χ0) is 25.5. The van der Waals surface area contributed by atoms with Gasteiger partial charge in [-0.2, -0.15) is 5.26 Å². The number of aromatic carboxylic acids is 1. The number of ether oxygens (including phenoxy) is 3. The topological polar surface area (TPSA) is 88.8 Å². The highest BCUT2D eigenvalue weighted by molar-refractivity contribution is 5.91. The molecule has 1 N–H and O–H groups in total. The van der Waals surface area contributed by atoms with Gasteiger partial charge in [-0.25, -0.2) is 4.79 Å². The third kappa shape index (κ3) is 4.35. The molecule has 5 rings (SSSR count). The second kappa shape index (κ2) is 9.84. The van der Waals surface area contributed by atoms with Crippen LogP contribution in [0.3, 0.4) is 0 Å². The van der Waals surface area contributed by atoms with Crippen LogP contribution in [0.2, 0.25) is 0 Å². The largest absolute Gasteiger partial charge is 0.493 e. The zero-order valence-corrected chi connectivity index (χ0v) is 21.6. The van der Waals surface area contributed by atoms with Crippen molar-refractivity contribution in [1.82, 2.24) is 0 Å². The molecule has 1 aliphatic heterocycles. The lowest BCUT2D eigenvalue weighted by Crippen LogP contribution is -2.62. The molecule has 1 heterocycles. The van der Waals surface area contributed by atoms with Gasteiger partial charge in [-0.15, -0.1) is 0 Å². The van der Waals surface area contributed by atoms with Crippen LogP contribution in [-0.2, 0) is 9.47 Å². The summed E-state index contributed by atoms with van der Waals surface area (Å²) in [7, 11) is 0. The molecule has 0 aromatic heterocycles. The molecule has 6 nitrogen and oxygen atoms in total. The molecular formula is C30H39NO5. The number of carbonyl (C=O) groups is 1. The third-order valence-electron chi connectivity index (χ3n) is 9.96. The number of benzene rings is 1. The van der Waals surface area contributed by atoms with Crippen LogP contribution in [0.1, 0.15) is 87.6 Å². The fourth-order valence-electron chi connectivity index (χ4n) is 8.04. The van der Waals surface area contributed by atoms with Gasteiger partial charge in [0.2, 0.25) is 0 Å². The van der Waals surface area contributed by atoms with Crippen LogP contribution in [0.15, 0.2) is 30.4 Å². The Morgan fingerprint density at radius 2 is 2.00 bits per heavy atom. The summed E-state index contributed by atoms with van der Waals surface area (Å²) in [5, 5.41) is 18.8. The van der Waals surface area contributed by atoms with Crippen molar-refractivity contribution in [3.63, 3.8) is 0 Å². The van der Waals surface area contributed by atoms with E-state index in [0.29, 0.717) is 24.0 Å². The standard InChI is InChI=1S/C30H39NO5/c1-19-8-11-25-29(2,14-12-26-30(25,3)18-35-28(36-26)21-6-4-5-7-21)23(19)13-15-34-24-16-20(17-31)9-10-22(24)27(32)33/h9-10,16,21,23,25-26,28H,1,4-8,11-15,18H2,2-3H3,(H,32,33)/t23-,25?,26-,28-,29+,30+/m1/s1. The van der Waals surface area contributed by atoms with Crippen LogP contribution in [0, 0.1) is 39.9 Å². The van der Waals surface area contributed by atoms with Gasteiger partial charge < -0.3 is 19.3 Å². The summed E-state index contributed by atoms with van der Waals surface area (Å²) in [4.78, 5) is 11.7. The zero-order valence-electron chi connectivity index (χ0n) is 21.6. The van der Waals surface area contributed by atoms with Crippen molar-refractivity contribution in [2.45, 2.75) is 84.0 Å². The molecule has 0 spiro atoms. The highest BCUT2D eigenvalue weighted by Crippen LogP contribution is 2.63. The Hall–Kier alpha value is -2.36. The predicted octanol–water partition coefficient (Wildman–Crippen LogP) is 6.35. The molecule has 1 aromatic rings. The highest BCUT2D eigenvalue weighted by atomic mass is 16.7. The molecule has 0 amide bonds. The minimum absolute atomic E-state index is 0.0144. The maximum Gasteiger partial charge on any atom is 0.339 e. The lowest BCUT2D eigenvalue weighted by molar-refractivity contribution is -0.316. The molecule has 3 saturated carbocycles. The predicted molar refractivity (Wildman–Crippen MR) is 136 cm³/mol. The summed E-state index contributed by atoms with van der Waals surface area (Å²) in [5.41, 5.74) is 1.80. The molecule has 4 aliphatic rings. The average molecular weight is 494 g/mol. The van der Waals surface area contributed by atoms with Crippen LogP contribution < -0.4 is 4.74 Å². The number of nitriles is 1. The van der Waals surface area contributed by atoms with Crippen LogP contribution in [0.25, 0.3) is 0 Å². The number of fused-ring (bicyclic) bond motifs is 3. The quantitative estimate of drug-likeness (QED) is 0.465. The molecular weight excluding hydrogens is 454 g/mol. The second-order valence-electron chi connectivity index (χ2n) is 12.0. The Bertz CT molecular complexity index is 1060. The summed E-state index contributed by atoms with van der Waals surface area (Å²) < 4.78 is 19.1. The van der Waals surface area contributed by atoms with Gasteiger partial charge in [0, 0.05) is 11.3 Å². The van der Waals surface area contributed by atoms with Crippen LogP contribution in [0.5, 0.6) is 5.75 Å². The van der Waals surface area contributed by atoms with E-state index in [2.05, 4.69) is 26.5 Å². The summed E-state index contributed by atoms with van der Waals surface area (Å²) in [6.45, 7) is 10.4. The van der Waals surface area contributed by atoms with Gasteiger partial charge in [0.25, 0.3) is 0 Å². The van der Waals surface area contributed by atoms with Crippen molar-refractivity contribution in [2.24, 2.45) is 28.6 Å². The van der Waals surface area contributed by atoms with Crippen molar-refractivity contribution >= 4 is 5.97 Å². The van der Waals surface area contributed by atoms with Crippen molar-refractivity contribution in [3.05, 3.63) is 41.5 Å². The third-order valence-corrected chi connectivity index (χ3v) is 9.96. The molecule has 1 saturated heterocycles. The van der Waals surface area contributed by atoms with Crippen LogP contribution in [-0.4, -0.2) is 36.7 Å². The van der Waals surface area contributed by atoms with Gasteiger partial charge in [-0.05, 0) is 80.4 Å². The van der Waals surface area contributed by atoms with E-state index in [4.69, 9.17) is 14.2 Å². The second-order valence-corrected chi connectivity index (χ2v) is 12.0. The maximum atomic E-state index is 11.7. The highest BCUT2D eigenvalue weighted by Gasteiger charge is 2.60. The molecule has 6 heteroatoms. The molecule has 3 aliphatic carbocycles. The Kier molecular flexibility index (Phi) is 6.91. The summed E-state index contributed by atoms with van der Waals surface area (Å²) in [5.74, 6) is 0.513. The van der Waals surface area contributed by atoms with Crippen LogP contribution >= 0.6 is 0 Å². The van der Waals surface area contributed by atoms with E-state index >= 15 is 0 Å². The number of hydrogen-bond acceptors (Lipinski definition) is 5. The Labute approximate surface area is 214 Å². The Balaban J connectivity index is 1.30. The van der Waals surface area contributed by atoms with Gasteiger partial charge in [0.15, 0.2) is 6.29 Å².